The third-order valence-corrected chi connectivity index (χ3v) is 4.16. The number of rotatable bonds is 2. The van der Waals surface area contributed by atoms with Gasteiger partial charge in [0.15, 0.2) is 0 Å². The van der Waals surface area contributed by atoms with Crippen LogP contribution in [0.1, 0.15) is 44.8 Å². The number of hydrogen-bond donors (Lipinski definition) is 1. The molecule has 0 spiro atoms. The van der Waals surface area contributed by atoms with Gasteiger partial charge >= 0.3 is 0 Å². The van der Waals surface area contributed by atoms with Crippen LogP contribution in [0.2, 0.25) is 0 Å². The van der Waals surface area contributed by atoms with E-state index in [1.807, 2.05) is 53.7 Å². The number of fused-ring (bicyclic) bond motifs is 1. The summed E-state index contributed by atoms with van der Waals surface area (Å²) >= 11 is 0. The smallest absolute Gasteiger partial charge is 0.223 e. The fourth-order valence-corrected chi connectivity index (χ4v) is 3.21. The molecule has 5 nitrogen and oxygen atoms in total. The van der Waals surface area contributed by atoms with Crippen molar-refractivity contribution >= 4 is 11.6 Å². The molecule has 112 valence electrons. The number of nitrogens with two attached hydrogens (primary N) is 1. The Morgan fingerprint density at radius 2 is 2.19 bits per heavy atom. The molecule has 2 atom stereocenters. The first-order chi connectivity index (χ1) is 10.1. The van der Waals surface area contributed by atoms with E-state index in [4.69, 9.17) is 5.73 Å². The number of carbonyl (C=O) groups excluding carboxylic acids is 1. The van der Waals surface area contributed by atoms with E-state index in [9.17, 15) is 4.79 Å². The normalized spacial score (nSPS) is 23.8. The lowest BCUT2D eigenvalue weighted by Crippen LogP contribution is -2.45. The second-order valence-corrected chi connectivity index (χ2v) is 6.03. The van der Waals surface area contributed by atoms with Crippen LogP contribution < -0.4 is 5.73 Å². The lowest BCUT2D eigenvalue weighted by atomic mass is 10.0. The van der Waals surface area contributed by atoms with E-state index < -0.39 is 0 Å². The maximum Gasteiger partial charge on any atom is 0.223 e. The van der Waals surface area contributed by atoms with Crippen molar-refractivity contribution in [2.75, 3.05) is 0 Å². The molecule has 0 saturated carbocycles. The molecule has 21 heavy (non-hydrogen) atoms. The topological polar surface area (TPSA) is 63.6 Å². The summed E-state index contributed by atoms with van der Waals surface area (Å²) in [5.74, 6) is 0.181. The van der Waals surface area contributed by atoms with Gasteiger partial charge in [0, 0.05) is 30.9 Å². The summed E-state index contributed by atoms with van der Waals surface area (Å²) in [4.78, 5) is 19.0. The number of amides is 1. The molecule has 0 aliphatic carbocycles. The van der Waals surface area contributed by atoms with Gasteiger partial charge in [-0.2, -0.15) is 0 Å². The van der Waals surface area contributed by atoms with Gasteiger partial charge in [-0.3, -0.25) is 4.79 Å². The average Bonchev–Trinajstić information content (AvgIpc) is 2.80. The van der Waals surface area contributed by atoms with E-state index >= 15 is 0 Å². The summed E-state index contributed by atoms with van der Waals surface area (Å²) in [7, 11) is 0. The van der Waals surface area contributed by atoms with Crippen LogP contribution in [-0.4, -0.2) is 32.3 Å². The fraction of sp³-hybridized carbons (Fsp3) is 0.500. The minimum atomic E-state index is -0.139. The first kappa shape index (κ1) is 14.1. The van der Waals surface area contributed by atoms with Crippen molar-refractivity contribution < 1.29 is 4.79 Å². The van der Waals surface area contributed by atoms with Gasteiger partial charge in [0.1, 0.15) is 5.65 Å². The molecule has 1 aliphatic rings. The molecule has 3 heterocycles. The van der Waals surface area contributed by atoms with Crippen molar-refractivity contribution in [1.82, 2.24) is 14.3 Å². The highest BCUT2D eigenvalue weighted by atomic mass is 16.2. The second kappa shape index (κ2) is 5.48. The van der Waals surface area contributed by atoms with Gasteiger partial charge in [-0.15, -0.1) is 0 Å². The third kappa shape index (κ3) is 2.53. The van der Waals surface area contributed by atoms with Crippen molar-refractivity contribution in [3.63, 3.8) is 0 Å². The zero-order chi connectivity index (χ0) is 15.0. The van der Waals surface area contributed by atoms with E-state index in [2.05, 4.69) is 4.98 Å². The van der Waals surface area contributed by atoms with E-state index in [1.165, 1.54) is 0 Å². The lowest BCUT2D eigenvalue weighted by Gasteiger charge is -2.35. The largest absolute Gasteiger partial charge is 0.330 e. The summed E-state index contributed by atoms with van der Waals surface area (Å²) < 4.78 is 1.98. The lowest BCUT2D eigenvalue weighted by molar-refractivity contribution is -0.135. The molecular weight excluding hydrogens is 264 g/mol. The molecule has 1 amide bonds. The standard InChI is InChI=1S/C16H22N4O/c1-11(2)20-15(21)8-5-6-12(17)16(20)13-10-19-9-4-3-7-14(19)18-13/h3-4,7,9-12,16H,5-6,8,17H2,1-2H3. The van der Waals surface area contributed by atoms with Gasteiger partial charge < -0.3 is 15.0 Å². The molecule has 1 aliphatic heterocycles. The number of imidazole rings is 1. The number of aromatic nitrogens is 2. The molecule has 2 unspecified atom stereocenters. The molecule has 0 bridgehead atoms. The molecule has 1 saturated heterocycles. The Labute approximate surface area is 124 Å². The Morgan fingerprint density at radius 1 is 1.38 bits per heavy atom. The highest BCUT2D eigenvalue weighted by molar-refractivity contribution is 5.77. The Balaban J connectivity index is 2.07. The van der Waals surface area contributed by atoms with Crippen LogP contribution in [0.3, 0.4) is 0 Å². The molecule has 0 aromatic carbocycles. The first-order valence-corrected chi connectivity index (χ1v) is 7.58. The van der Waals surface area contributed by atoms with E-state index in [1.54, 1.807) is 0 Å². The number of nitrogens with zero attached hydrogens (tertiary/aromatic N) is 3. The highest BCUT2D eigenvalue weighted by Crippen LogP contribution is 2.31. The van der Waals surface area contributed by atoms with Crippen LogP contribution in [0.25, 0.3) is 5.65 Å². The summed E-state index contributed by atoms with van der Waals surface area (Å²) in [6.07, 6.45) is 6.25. The molecule has 0 radical (unpaired) electrons. The molecule has 1 fully saturated rings. The number of likely N-dealkylation sites (tertiary alicyclic amines) is 1. The maximum atomic E-state index is 12.4. The fourth-order valence-electron chi connectivity index (χ4n) is 3.21. The predicted octanol–water partition coefficient (Wildman–Crippen LogP) is 2.12. The molecular formula is C16H22N4O. The van der Waals surface area contributed by atoms with Crippen molar-refractivity contribution in [2.45, 2.75) is 51.2 Å². The van der Waals surface area contributed by atoms with Crippen LogP contribution in [0, 0.1) is 0 Å². The summed E-state index contributed by atoms with van der Waals surface area (Å²) in [5, 5.41) is 0. The van der Waals surface area contributed by atoms with Gasteiger partial charge in [0.2, 0.25) is 5.91 Å². The van der Waals surface area contributed by atoms with Crippen LogP contribution >= 0.6 is 0 Å². The summed E-state index contributed by atoms with van der Waals surface area (Å²) in [6.45, 7) is 4.08. The van der Waals surface area contributed by atoms with Crippen molar-refractivity contribution in [3.05, 3.63) is 36.3 Å². The monoisotopic (exact) mass is 286 g/mol. The predicted molar refractivity (Wildman–Crippen MR) is 81.7 cm³/mol. The van der Waals surface area contributed by atoms with Gasteiger partial charge in [0.25, 0.3) is 0 Å². The van der Waals surface area contributed by atoms with E-state index in [-0.39, 0.29) is 24.0 Å². The Kier molecular flexibility index (Phi) is 3.68. The van der Waals surface area contributed by atoms with Crippen molar-refractivity contribution in [3.8, 4) is 0 Å². The maximum absolute atomic E-state index is 12.4. The van der Waals surface area contributed by atoms with Gasteiger partial charge in [-0.1, -0.05) is 6.07 Å². The van der Waals surface area contributed by atoms with Gasteiger partial charge in [0.05, 0.1) is 11.7 Å². The van der Waals surface area contributed by atoms with Crippen molar-refractivity contribution in [2.24, 2.45) is 5.73 Å². The molecule has 2 aromatic rings. The summed E-state index contributed by atoms with van der Waals surface area (Å²) in [5.41, 5.74) is 8.16. The Bertz CT molecular complexity index is 616. The Hall–Kier alpha value is -1.88. The van der Waals surface area contributed by atoms with E-state index in [0.717, 1.165) is 24.2 Å². The van der Waals surface area contributed by atoms with Crippen LogP contribution in [0.15, 0.2) is 30.6 Å². The number of carbonyl (C=O) groups is 1. The number of pyridine rings is 1. The molecule has 2 N–H and O–H groups in total. The third-order valence-electron chi connectivity index (χ3n) is 4.16. The van der Waals surface area contributed by atoms with Gasteiger partial charge in [-0.05, 0) is 38.8 Å². The number of hydrogen-bond acceptors (Lipinski definition) is 3. The van der Waals surface area contributed by atoms with E-state index in [0.29, 0.717) is 6.42 Å². The molecule has 3 rings (SSSR count). The molecule has 5 heteroatoms. The first-order valence-electron chi connectivity index (χ1n) is 7.58. The average molecular weight is 286 g/mol. The highest BCUT2D eigenvalue weighted by Gasteiger charge is 2.35. The van der Waals surface area contributed by atoms with Crippen molar-refractivity contribution in [1.29, 1.82) is 0 Å². The minimum absolute atomic E-state index is 0.0660. The second-order valence-electron chi connectivity index (χ2n) is 6.03. The Morgan fingerprint density at radius 3 is 2.90 bits per heavy atom. The quantitative estimate of drug-likeness (QED) is 0.919. The summed E-state index contributed by atoms with van der Waals surface area (Å²) in [6, 6.07) is 5.81. The zero-order valence-corrected chi connectivity index (χ0v) is 12.6. The van der Waals surface area contributed by atoms with Gasteiger partial charge in [-0.25, -0.2) is 4.98 Å². The SMILES string of the molecule is CC(C)N1C(=O)CCCC(N)C1c1cn2ccccc2n1. The van der Waals surface area contributed by atoms with Crippen LogP contribution in [0.5, 0.6) is 0 Å². The zero-order valence-electron chi connectivity index (χ0n) is 12.6. The minimum Gasteiger partial charge on any atom is -0.330 e. The van der Waals surface area contributed by atoms with Crippen LogP contribution in [-0.2, 0) is 4.79 Å². The van der Waals surface area contributed by atoms with Crippen LogP contribution in [0.4, 0.5) is 0 Å². The molecule has 2 aromatic heterocycles.